The van der Waals surface area contributed by atoms with E-state index in [1.165, 1.54) is 5.56 Å². The van der Waals surface area contributed by atoms with Gasteiger partial charge in [-0.25, -0.2) is 0 Å². The lowest BCUT2D eigenvalue weighted by molar-refractivity contribution is 0.0661. The van der Waals surface area contributed by atoms with Gasteiger partial charge in [0, 0.05) is 44.7 Å². The van der Waals surface area contributed by atoms with Crippen molar-refractivity contribution in [1.29, 1.82) is 0 Å². The largest absolute Gasteiger partial charge is 0.494 e. The molecule has 6 heteroatoms. The molecule has 1 aliphatic heterocycles. The van der Waals surface area contributed by atoms with Gasteiger partial charge in [-0.05, 0) is 19.9 Å². The maximum absolute atomic E-state index is 5.74. The molecule has 1 atom stereocenters. The first-order valence-electron chi connectivity index (χ1n) is 8.61. The molecule has 0 bridgehead atoms. The van der Waals surface area contributed by atoms with Crippen LogP contribution >= 0.6 is 0 Å². The Balaban J connectivity index is 1.57. The van der Waals surface area contributed by atoms with Crippen molar-refractivity contribution in [1.82, 2.24) is 20.0 Å². The SMILES string of the molecule is CCOc1ccccc1CN1CCN(Cc2nnc(C)o2)[C@H](C)C1. The van der Waals surface area contributed by atoms with Gasteiger partial charge >= 0.3 is 0 Å². The summed E-state index contributed by atoms with van der Waals surface area (Å²) in [6.07, 6.45) is 0. The van der Waals surface area contributed by atoms with E-state index in [4.69, 9.17) is 9.15 Å². The van der Waals surface area contributed by atoms with Crippen molar-refractivity contribution < 1.29 is 9.15 Å². The van der Waals surface area contributed by atoms with Gasteiger partial charge in [-0.3, -0.25) is 9.80 Å². The first-order chi connectivity index (χ1) is 11.7. The van der Waals surface area contributed by atoms with E-state index in [-0.39, 0.29) is 0 Å². The summed E-state index contributed by atoms with van der Waals surface area (Å²) in [5.74, 6) is 2.33. The normalized spacial score (nSPS) is 19.5. The summed E-state index contributed by atoms with van der Waals surface area (Å²) in [6.45, 7) is 11.5. The number of rotatable bonds is 6. The number of hydrogen-bond acceptors (Lipinski definition) is 6. The van der Waals surface area contributed by atoms with Crippen LogP contribution in [0, 0.1) is 6.92 Å². The quantitative estimate of drug-likeness (QED) is 0.811. The Bertz CT molecular complexity index is 658. The second-order valence-corrected chi connectivity index (χ2v) is 6.31. The monoisotopic (exact) mass is 330 g/mol. The van der Waals surface area contributed by atoms with E-state index in [0.29, 0.717) is 24.4 Å². The molecule has 0 saturated carbocycles. The zero-order valence-electron chi connectivity index (χ0n) is 14.7. The summed E-state index contributed by atoms with van der Waals surface area (Å²) in [5, 5.41) is 8.01. The van der Waals surface area contributed by atoms with E-state index in [1.807, 2.05) is 19.9 Å². The average Bonchev–Trinajstić information content (AvgIpc) is 2.97. The second kappa shape index (κ2) is 7.77. The molecule has 1 fully saturated rings. The predicted octanol–water partition coefficient (Wildman–Crippen LogP) is 2.48. The molecule has 2 aromatic rings. The molecule has 0 amide bonds. The maximum atomic E-state index is 5.74. The number of para-hydroxylation sites is 1. The van der Waals surface area contributed by atoms with Crippen LogP contribution in [0.2, 0.25) is 0 Å². The first kappa shape index (κ1) is 16.9. The molecule has 24 heavy (non-hydrogen) atoms. The minimum absolute atomic E-state index is 0.449. The average molecular weight is 330 g/mol. The Kier molecular flexibility index (Phi) is 5.48. The van der Waals surface area contributed by atoms with E-state index in [1.54, 1.807) is 0 Å². The van der Waals surface area contributed by atoms with Gasteiger partial charge in [-0.1, -0.05) is 18.2 Å². The van der Waals surface area contributed by atoms with E-state index >= 15 is 0 Å². The van der Waals surface area contributed by atoms with Crippen LogP contribution in [0.3, 0.4) is 0 Å². The number of piperazine rings is 1. The van der Waals surface area contributed by atoms with Gasteiger partial charge in [0.05, 0.1) is 13.2 Å². The summed E-state index contributed by atoms with van der Waals surface area (Å²) >= 11 is 0. The third kappa shape index (κ3) is 4.13. The summed E-state index contributed by atoms with van der Waals surface area (Å²) < 4.78 is 11.2. The molecule has 2 heterocycles. The van der Waals surface area contributed by atoms with Crippen molar-refractivity contribution in [2.24, 2.45) is 0 Å². The van der Waals surface area contributed by atoms with Gasteiger partial charge in [-0.2, -0.15) is 0 Å². The van der Waals surface area contributed by atoms with Crippen molar-refractivity contribution in [3.05, 3.63) is 41.6 Å². The van der Waals surface area contributed by atoms with Crippen molar-refractivity contribution in [2.45, 2.75) is 39.9 Å². The minimum atomic E-state index is 0.449. The first-order valence-corrected chi connectivity index (χ1v) is 8.61. The van der Waals surface area contributed by atoms with Crippen molar-refractivity contribution in [3.8, 4) is 5.75 Å². The number of aryl methyl sites for hydroxylation is 1. The van der Waals surface area contributed by atoms with Crippen molar-refractivity contribution >= 4 is 0 Å². The zero-order valence-corrected chi connectivity index (χ0v) is 14.7. The van der Waals surface area contributed by atoms with Gasteiger partial charge < -0.3 is 9.15 Å². The Labute approximate surface area is 143 Å². The summed E-state index contributed by atoms with van der Waals surface area (Å²) in [7, 11) is 0. The fraction of sp³-hybridized carbons (Fsp3) is 0.556. The fourth-order valence-corrected chi connectivity index (χ4v) is 3.20. The smallest absolute Gasteiger partial charge is 0.230 e. The third-order valence-corrected chi connectivity index (χ3v) is 4.42. The highest BCUT2D eigenvalue weighted by Crippen LogP contribution is 2.22. The van der Waals surface area contributed by atoms with Gasteiger partial charge in [0.2, 0.25) is 11.8 Å². The van der Waals surface area contributed by atoms with Crippen molar-refractivity contribution in [2.75, 3.05) is 26.2 Å². The van der Waals surface area contributed by atoms with Gasteiger partial charge in [0.1, 0.15) is 5.75 Å². The molecular formula is C18H26N4O2. The van der Waals surface area contributed by atoms with Crippen LogP contribution in [-0.4, -0.2) is 52.3 Å². The number of aromatic nitrogens is 2. The molecule has 1 saturated heterocycles. The second-order valence-electron chi connectivity index (χ2n) is 6.31. The molecular weight excluding hydrogens is 304 g/mol. The Morgan fingerprint density at radius 1 is 1.21 bits per heavy atom. The highest BCUT2D eigenvalue weighted by Gasteiger charge is 2.25. The minimum Gasteiger partial charge on any atom is -0.494 e. The van der Waals surface area contributed by atoms with Crippen LogP contribution in [-0.2, 0) is 13.1 Å². The molecule has 130 valence electrons. The fourth-order valence-electron chi connectivity index (χ4n) is 3.20. The lowest BCUT2D eigenvalue weighted by Gasteiger charge is -2.39. The molecule has 0 radical (unpaired) electrons. The van der Waals surface area contributed by atoms with Crippen LogP contribution in [0.4, 0.5) is 0 Å². The standard InChI is InChI=1S/C18H26N4O2/c1-4-23-17-8-6-5-7-16(17)12-21-9-10-22(14(2)11-21)13-18-20-19-15(3)24-18/h5-8,14H,4,9-13H2,1-3H3/t14-/m1/s1. The van der Waals surface area contributed by atoms with Gasteiger partial charge in [0.15, 0.2) is 0 Å². The van der Waals surface area contributed by atoms with E-state index in [2.05, 4.69) is 45.1 Å². The maximum Gasteiger partial charge on any atom is 0.230 e. The summed E-state index contributed by atoms with van der Waals surface area (Å²) in [4.78, 5) is 4.88. The number of hydrogen-bond donors (Lipinski definition) is 0. The zero-order chi connectivity index (χ0) is 16.9. The predicted molar refractivity (Wildman–Crippen MR) is 91.8 cm³/mol. The summed E-state index contributed by atoms with van der Waals surface area (Å²) in [6, 6.07) is 8.77. The van der Waals surface area contributed by atoms with Crippen LogP contribution in [0.25, 0.3) is 0 Å². The highest BCUT2D eigenvalue weighted by atomic mass is 16.5. The Morgan fingerprint density at radius 3 is 2.75 bits per heavy atom. The molecule has 0 spiro atoms. The lowest BCUT2D eigenvalue weighted by Crippen LogP contribution is -2.50. The molecule has 0 N–H and O–H groups in total. The van der Waals surface area contributed by atoms with Crippen LogP contribution in [0.15, 0.2) is 28.7 Å². The van der Waals surface area contributed by atoms with E-state index in [0.717, 1.165) is 38.5 Å². The van der Waals surface area contributed by atoms with Crippen LogP contribution in [0.1, 0.15) is 31.2 Å². The number of nitrogens with zero attached hydrogens (tertiary/aromatic N) is 4. The van der Waals surface area contributed by atoms with Crippen molar-refractivity contribution in [3.63, 3.8) is 0 Å². The molecule has 6 nitrogen and oxygen atoms in total. The topological polar surface area (TPSA) is 54.6 Å². The van der Waals surface area contributed by atoms with Gasteiger partial charge in [-0.15, -0.1) is 10.2 Å². The number of ether oxygens (including phenoxy) is 1. The summed E-state index contributed by atoms with van der Waals surface area (Å²) in [5.41, 5.74) is 1.26. The van der Waals surface area contributed by atoms with E-state index in [9.17, 15) is 0 Å². The Morgan fingerprint density at radius 2 is 2.04 bits per heavy atom. The molecule has 1 aromatic heterocycles. The Hall–Kier alpha value is -1.92. The van der Waals surface area contributed by atoms with Crippen LogP contribution < -0.4 is 4.74 Å². The molecule has 0 unspecified atom stereocenters. The van der Waals surface area contributed by atoms with E-state index < -0.39 is 0 Å². The number of benzene rings is 1. The highest BCUT2D eigenvalue weighted by molar-refractivity contribution is 5.33. The third-order valence-electron chi connectivity index (χ3n) is 4.42. The molecule has 3 rings (SSSR count). The molecule has 1 aromatic carbocycles. The molecule has 1 aliphatic rings. The molecule has 0 aliphatic carbocycles. The lowest BCUT2D eigenvalue weighted by atomic mass is 10.1. The van der Waals surface area contributed by atoms with Crippen LogP contribution in [0.5, 0.6) is 5.75 Å². The van der Waals surface area contributed by atoms with Gasteiger partial charge in [0.25, 0.3) is 0 Å².